The topological polar surface area (TPSA) is 87.7 Å². The summed E-state index contributed by atoms with van der Waals surface area (Å²) in [5.74, 6) is -0.845. The van der Waals surface area contributed by atoms with Gasteiger partial charge in [0.2, 0.25) is 5.91 Å². The lowest BCUT2D eigenvalue weighted by atomic mass is 9.81. The molecule has 0 spiro atoms. The summed E-state index contributed by atoms with van der Waals surface area (Å²) < 4.78 is 5.51. The van der Waals surface area contributed by atoms with E-state index >= 15 is 0 Å². The van der Waals surface area contributed by atoms with Crippen LogP contribution in [0.25, 0.3) is 0 Å². The third-order valence-electron chi connectivity index (χ3n) is 6.10. The van der Waals surface area contributed by atoms with Crippen molar-refractivity contribution >= 4 is 17.8 Å². The minimum Gasteiger partial charge on any atom is -0.376 e. The number of nitrogens with zero attached hydrogens (tertiary/aromatic N) is 1. The van der Waals surface area contributed by atoms with Crippen LogP contribution in [0.5, 0.6) is 0 Å². The highest BCUT2D eigenvalue weighted by atomic mass is 16.5. The third-order valence-corrected chi connectivity index (χ3v) is 6.10. The number of aryl methyl sites for hydroxylation is 2. The molecule has 2 heterocycles. The molecule has 2 aromatic rings. The van der Waals surface area contributed by atoms with E-state index in [2.05, 4.69) is 10.6 Å². The Kier molecular flexibility index (Phi) is 5.78. The van der Waals surface area contributed by atoms with Gasteiger partial charge in [-0.1, -0.05) is 48.5 Å². The van der Waals surface area contributed by atoms with Crippen molar-refractivity contribution in [1.29, 1.82) is 0 Å². The summed E-state index contributed by atoms with van der Waals surface area (Å²) in [7, 11) is 0. The number of hydrogen-bond acceptors (Lipinski definition) is 4. The standard InChI is InChI=1S/C24H27N3O4/c1-16-10-11-19(13-17(16)2)24(18-7-4-3-5-8-18)22(29)27(23(30)26-24)15-21(28)25-14-20-9-6-12-31-20/h3-5,7-8,10-11,13,20H,6,9,12,14-15H2,1-2H3,(H,25,28)(H,26,30)/t20-,24+/m0/s1. The SMILES string of the molecule is Cc1ccc([C@@]2(c3ccccc3)NC(=O)N(CC(=O)NC[C@@H]3CCCO3)C2=O)cc1C. The third kappa shape index (κ3) is 3.93. The van der Waals surface area contributed by atoms with Gasteiger partial charge in [-0.05, 0) is 48.9 Å². The molecular formula is C24H27N3O4. The van der Waals surface area contributed by atoms with Crippen molar-refractivity contribution in [3.63, 3.8) is 0 Å². The molecule has 0 unspecified atom stereocenters. The molecular weight excluding hydrogens is 394 g/mol. The predicted octanol–water partition coefficient (Wildman–Crippen LogP) is 2.39. The summed E-state index contributed by atoms with van der Waals surface area (Å²) in [5.41, 5.74) is 2.06. The Labute approximate surface area is 181 Å². The quantitative estimate of drug-likeness (QED) is 0.701. The number of amides is 4. The van der Waals surface area contributed by atoms with E-state index in [9.17, 15) is 14.4 Å². The molecule has 2 fully saturated rings. The zero-order valence-corrected chi connectivity index (χ0v) is 17.8. The predicted molar refractivity (Wildman–Crippen MR) is 115 cm³/mol. The average molecular weight is 421 g/mol. The molecule has 31 heavy (non-hydrogen) atoms. The van der Waals surface area contributed by atoms with Gasteiger partial charge in [-0.3, -0.25) is 14.5 Å². The molecule has 0 aliphatic carbocycles. The van der Waals surface area contributed by atoms with Crippen molar-refractivity contribution in [3.05, 3.63) is 70.8 Å². The first kappa shape index (κ1) is 21.1. The molecule has 2 N–H and O–H groups in total. The maximum absolute atomic E-state index is 13.7. The van der Waals surface area contributed by atoms with Gasteiger partial charge in [0.25, 0.3) is 5.91 Å². The van der Waals surface area contributed by atoms with E-state index < -0.39 is 17.5 Å². The maximum atomic E-state index is 13.7. The lowest BCUT2D eigenvalue weighted by Gasteiger charge is -2.28. The second-order valence-electron chi connectivity index (χ2n) is 8.18. The van der Waals surface area contributed by atoms with Crippen LogP contribution in [0.15, 0.2) is 48.5 Å². The van der Waals surface area contributed by atoms with Crippen molar-refractivity contribution in [2.24, 2.45) is 0 Å². The number of urea groups is 1. The van der Waals surface area contributed by atoms with Gasteiger partial charge in [0.1, 0.15) is 6.54 Å². The first-order chi connectivity index (χ1) is 14.9. The first-order valence-electron chi connectivity index (χ1n) is 10.6. The Hall–Kier alpha value is -3.19. The smallest absolute Gasteiger partial charge is 0.326 e. The minimum atomic E-state index is -1.37. The van der Waals surface area contributed by atoms with Crippen LogP contribution in [0, 0.1) is 13.8 Å². The molecule has 4 rings (SSSR count). The second-order valence-corrected chi connectivity index (χ2v) is 8.18. The van der Waals surface area contributed by atoms with Gasteiger partial charge in [-0.25, -0.2) is 4.79 Å². The normalized spacial score (nSPS) is 23.2. The molecule has 7 heteroatoms. The monoisotopic (exact) mass is 421 g/mol. The van der Waals surface area contributed by atoms with Crippen LogP contribution in [0.1, 0.15) is 35.1 Å². The van der Waals surface area contributed by atoms with E-state index in [1.54, 1.807) is 0 Å². The Balaban J connectivity index is 1.62. The Morgan fingerprint density at radius 1 is 1.13 bits per heavy atom. The van der Waals surface area contributed by atoms with Gasteiger partial charge in [0.15, 0.2) is 5.54 Å². The van der Waals surface area contributed by atoms with Gasteiger partial charge in [0, 0.05) is 13.2 Å². The average Bonchev–Trinajstić information content (AvgIpc) is 3.38. The van der Waals surface area contributed by atoms with Gasteiger partial charge >= 0.3 is 6.03 Å². The summed E-state index contributed by atoms with van der Waals surface area (Å²) in [6.45, 7) is 4.70. The molecule has 0 bridgehead atoms. The summed E-state index contributed by atoms with van der Waals surface area (Å²) in [6.07, 6.45) is 1.86. The van der Waals surface area contributed by atoms with Crippen LogP contribution in [0.3, 0.4) is 0 Å². The molecule has 2 aliphatic rings. The van der Waals surface area contributed by atoms with Crippen LogP contribution < -0.4 is 10.6 Å². The number of carbonyl (C=O) groups excluding carboxylic acids is 3. The number of nitrogens with one attached hydrogen (secondary N) is 2. The molecule has 162 valence electrons. The van der Waals surface area contributed by atoms with E-state index in [1.165, 1.54) is 0 Å². The molecule has 2 aromatic carbocycles. The fourth-order valence-corrected chi connectivity index (χ4v) is 4.17. The molecule has 0 saturated carbocycles. The Bertz CT molecular complexity index is 1000. The number of ether oxygens (including phenoxy) is 1. The van der Waals surface area contributed by atoms with Crippen molar-refractivity contribution in [1.82, 2.24) is 15.5 Å². The largest absolute Gasteiger partial charge is 0.376 e. The highest BCUT2D eigenvalue weighted by Gasteiger charge is 2.54. The Morgan fingerprint density at radius 3 is 2.58 bits per heavy atom. The van der Waals surface area contributed by atoms with E-state index in [4.69, 9.17) is 4.74 Å². The van der Waals surface area contributed by atoms with Gasteiger partial charge in [-0.15, -0.1) is 0 Å². The van der Waals surface area contributed by atoms with E-state index in [-0.39, 0.29) is 18.6 Å². The summed E-state index contributed by atoms with van der Waals surface area (Å²) >= 11 is 0. The van der Waals surface area contributed by atoms with Crippen LogP contribution >= 0.6 is 0 Å². The lowest BCUT2D eigenvalue weighted by Crippen LogP contribution is -2.46. The van der Waals surface area contributed by atoms with E-state index in [0.29, 0.717) is 24.3 Å². The molecule has 0 aromatic heterocycles. The lowest BCUT2D eigenvalue weighted by molar-refractivity contribution is -0.134. The van der Waals surface area contributed by atoms with Gasteiger partial charge in [0.05, 0.1) is 6.10 Å². The van der Waals surface area contributed by atoms with Crippen molar-refractivity contribution in [2.45, 2.75) is 38.3 Å². The van der Waals surface area contributed by atoms with Crippen LogP contribution in [-0.4, -0.2) is 48.5 Å². The molecule has 2 atom stereocenters. The van der Waals surface area contributed by atoms with Crippen molar-refractivity contribution in [2.75, 3.05) is 19.7 Å². The molecule has 0 radical (unpaired) electrons. The van der Waals surface area contributed by atoms with Gasteiger partial charge in [-0.2, -0.15) is 0 Å². The summed E-state index contributed by atoms with van der Waals surface area (Å²) in [6, 6.07) is 14.3. The molecule has 7 nitrogen and oxygen atoms in total. The van der Waals surface area contributed by atoms with Crippen LogP contribution in [0.2, 0.25) is 0 Å². The zero-order chi connectivity index (χ0) is 22.0. The minimum absolute atomic E-state index is 0.00833. The second kappa shape index (κ2) is 8.51. The fraction of sp³-hybridized carbons (Fsp3) is 0.375. The number of rotatable bonds is 6. The zero-order valence-electron chi connectivity index (χ0n) is 17.8. The molecule has 4 amide bonds. The Morgan fingerprint density at radius 2 is 1.90 bits per heavy atom. The highest BCUT2D eigenvalue weighted by Crippen LogP contribution is 2.36. The highest BCUT2D eigenvalue weighted by molar-refractivity contribution is 6.11. The van der Waals surface area contributed by atoms with Gasteiger partial charge < -0.3 is 15.4 Å². The van der Waals surface area contributed by atoms with Crippen LogP contribution in [-0.2, 0) is 19.9 Å². The number of hydrogen-bond donors (Lipinski definition) is 2. The van der Waals surface area contributed by atoms with Crippen molar-refractivity contribution in [3.8, 4) is 0 Å². The number of benzene rings is 2. The summed E-state index contributed by atoms with van der Waals surface area (Å²) in [4.78, 5) is 40.0. The fourth-order valence-electron chi connectivity index (χ4n) is 4.17. The molecule has 2 aliphatic heterocycles. The first-order valence-corrected chi connectivity index (χ1v) is 10.6. The van der Waals surface area contributed by atoms with E-state index in [0.717, 1.165) is 28.9 Å². The van der Waals surface area contributed by atoms with Crippen molar-refractivity contribution < 1.29 is 19.1 Å². The summed E-state index contributed by atoms with van der Waals surface area (Å²) in [5, 5.41) is 5.66. The number of imide groups is 1. The van der Waals surface area contributed by atoms with Crippen LogP contribution in [0.4, 0.5) is 4.79 Å². The van der Waals surface area contributed by atoms with E-state index in [1.807, 2.05) is 62.4 Å². The maximum Gasteiger partial charge on any atom is 0.326 e. The number of carbonyl (C=O) groups is 3. The molecule has 2 saturated heterocycles.